The van der Waals surface area contributed by atoms with Crippen molar-refractivity contribution in [3.8, 4) is 11.3 Å². The van der Waals surface area contributed by atoms with E-state index in [1.165, 1.54) is 12.3 Å². The van der Waals surface area contributed by atoms with Gasteiger partial charge in [-0.3, -0.25) is 9.59 Å². The first-order chi connectivity index (χ1) is 7.79. The topological polar surface area (TPSA) is 59.9 Å². The van der Waals surface area contributed by atoms with Gasteiger partial charge in [0.15, 0.2) is 0 Å². The molecule has 0 amide bonds. The summed E-state index contributed by atoms with van der Waals surface area (Å²) in [5, 5.41) is 7.67. The highest BCUT2D eigenvalue weighted by atomic mass is 16.2. The summed E-state index contributed by atoms with van der Waals surface area (Å²) in [6, 6.07) is 8.46. The van der Waals surface area contributed by atoms with Crippen LogP contribution in [-0.2, 0) is 0 Å². The molecule has 0 atom stereocenters. The fraction of sp³-hybridized carbons (Fsp3) is 0. The molecule has 76 valence electrons. The lowest BCUT2D eigenvalue weighted by Gasteiger charge is -2.14. The Kier molecular flexibility index (Phi) is 1.71. The average Bonchev–Trinajstić information content (AvgIpc) is 2.36. The first kappa shape index (κ1) is 8.91. The van der Waals surface area contributed by atoms with Gasteiger partial charge < -0.3 is 0 Å². The van der Waals surface area contributed by atoms with Gasteiger partial charge in [0.05, 0.1) is 11.8 Å². The smallest absolute Gasteiger partial charge is 0.235 e. The molecule has 0 bridgehead atoms. The third kappa shape index (κ3) is 1.04. The molecule has 4 nitrogen and oxygen atoms in total. The summed E-state index contributed by atoms with van der Waals surface area (Å²) in [5.74, 6) is -0.986. The summed E-state index contributed by atoms with van der Waals surface area (Å²) in [6.07, 6.45) is 1.41. The quantitative estimate of drug-likeness (QED) is 0.618. The number of ketones is 2. The molecule has 0 unspecified atom stereocenters. The summed E-state index contributed by atoms with van der Waals surface area (Å²) < 4.78 is 0. The van der Waals surface area contributed by atoms with Gasteiger partial charge in [-0.15, -0.1) is 5.10 Å². The average molecular weight is 210 g/mol. The Morgan fingerprint density at radius 1 is 0.812 bits per heavy atom. The molecule has 1 aromatic heterocycles. The van der Waals surface area contributed by atoms with Crippen LogP contribution in [0.25, 0.3) is 11.3 Å². The second-order valence-electron chi connectivity index (χ2n) is 3.50. The van der Waals surface area contributed by atoms with Crippen LogP contribution >= 0.6 is 0 Å². The number of nitrogens with zero attached hydrogens (tertiary/aromatic N) is 2. The van der Waals surface area contributed by atoms with Crippen molar-refractivity contribution in [3.05, 3.63) is 47.7 Å². The van der Waals surface area contributed by atoms with Crippen LogP contribution in [0, 0.1) is 0 Å². The third-order valence-electron chi connectivity index (χ3n) is 2.60. The zero-order chi connectivity index (χ0) is 11.1. The van der Waals surface area contributed by atoms with E-state index in [9.17, 15) is 9.59 Å². The van der Waals surface area contributed by atoms with Crippen LogP contribution < -0.4 is 0 Å². The molecule has 1 aromatic carbocycles. The SMILES string of the molecule is O=C1C(=O)c2ccnnc2-c2ccccc21. The molecule has 0 aliphatic heterocycles. The van der Waals surface area contributed by atoms with Gasteiger partial charge in [-0.2, -0.15) is 5.10 Å². The number of Topliss-reactive ketones (excluding diaryl/α,β-unsaturated/α-hetero) is 2. The van der Waals surface area contributed by atoms with E-state index in [4.69, 9.17) is 0 Å². The van der Waals surface area contributed by atoms with E-state index in [0.29, 0.717) is 22.4 Å². The van der Waals surface area contributed by atoms with Gasteiger partial charge in [-0.1, -0.05) is 24.3 Å². The Balaban J connectivity index is 2.41. The highest BCUT2D eigenvalue weighted by molar-refractivity contribution is 6.52. The summed E-state index contributed by atoms with van der Waals surface area (Å²) in [4.78, 5) is 23.5. The van der Waals surface area contributed by atoms with E-state index in [1.54, 1.807) is 24.3 Å². The molecule has 0 saturated heterocycles. The van der Waals surface area contributed by atoms with Gasteiger partial charge >= 0.3 is 0 Å². The van der Waals surface area contributed by atoms with Crippen molar-refractivity contribution in [2.45, 2.75) is 0 Å². The lowest BCUT2D eigenvalue weighted by Crippen LogP contribution is -2.22. The molecular weight excluding hydrogens is 204 g/mol. The van der Waals surface area contributed by atoms with Gasteiger partial charge in [-0.25, -0.2) is 0 Å². The van der Waals surface area contributed by atoms with Crippen molar-refractivity contribution >= 4 is 11.6 Å². The van der Waals surface area contributed by atoms with Crippen LogP contribution in [0.5, 0.6) is 0 Å². The highest BCUT2D eigenvalue weighted by Crippen LogP contribution is 2.30. The summed E-state index contributed by atoms with van der Waals surface area (Å²) in [6.45, 7) is 0. The predicted molar refractivity (Wildman–Crippen MR) is 56.1 cm³/mol. The van der Waals surface area contributed by atoms with Gasteiger partial charge in [0.2, 0.25) is 11.6 Å². The van der Waals surface area contributed by atoms with E-state index < -0.39 is 11.6 Å². The van der Waals surface area contributed by atoms with Gasteiger partial charge in [0, 0.05) is 11.1 Å². The third-order valence-corrected chi connectivity index (χ3v) is 2.60. The molecule has 1 aliphatic rings. The molecule has 2 aromatic rings. The molecule has 4 heteroatoms. The van der Waals surface area contributed by atoms with Crippen LogP contribution in [0.1, 0.15) is 20.7 Å². The summed E-state index contributed by atoms with van der Waals surface area (Å²) in [5.41, 5.74) is 1.90. The second kappa shape index (κ2) is 3.06. The van der Waals surface area contributed by atoms with Crippen LogP contribution in [0.15, 0.2) is 36.5 Å². The Bertz CT molecular complexity index is 564. The monoisotopic (exact) mass is 210 g/mol. The maximum Gasteiger partial charge on any atom is 0.235 e. The van der Waals surface area contributed by atoms with Crippen molar-refractivity contribution in [2.75, 3.05) is 0 Å². The molecule has 0 radical (unpaired) electrons. The van der Waals surface area contributed by atoms with Crippen LogP contribution in [0.3, 0.4) is 0 Å². The zero-order valence-electron chi connectivity index (χ0n) is 8.18. The largest absolute Gasteiger partial charge is 0.285 e. The van der Waals surface area contributed by atoms with E-state index in [2.05, 4.69) is 10.2 Å². The zero-order valence-corrected chi connectivity index (χ0v) is 8.18. The minimum atomic E-state index is -0.511. The lowest BCUT2D eigenvalue weighted by molar-refractivity contribution is 0.0815. The highest BCUT2D eigenvalue weighted by Gasteiger charge is 2.30. The number of benzene rings is 1. The lowest BCUT2D eigenvalue weighted by atomic mass is 9.88. The van der Waals surface area contributed by atoms with Crippen molar-refractivity contribution in [1.29, 1.82) is 0 Å². The Morgan fingerprint density at radius 2 is 1.50 bits per heavy atom. The molecular formula is C12H6N2O2. The number of fused-ring (bicyclic) bond motifs is 3. The number of carbonyl (C=O) groups is 2. The molecule has 0 fully saturated rings. The maximum absolute atomic E-state index is 11.8. The molecule has 1 heterocycles. The fourth-order valence-corrected chi connectivity index (χ4v) is 1.85. The number of aromatic nitrogens is 2. The molecule has 3 rings (SSSR count). The number of hydrogen-bond acceptors (Lipinski definition) is 4. The molecule has 16 heavy (non-hydrogen) atoms. The maximum atomic E-state index is 11.8. The summed E-state index contributed by atoms with van der Waals surface area (Å²) in [7, 11) is 0. The number of rotatable bonds is 0. The minimum Gasteiger partial charge on any atom is -0.285 e. The normalized spacial score (nSPS) is 13.2. The Morgan fingerprint density at radius 3 is 2.31 bits per heavy atom. The standard InChI is InChI=1S/C12H6N2O2/c15-11-8-4-2-1-3-7(8)10-9(12(11)16)5-6-13-14-10/h1-6H. The number of carbonyl (C=O) groups excluding carboxylic acids is 2. The minimum absolute atomic E-state index is 0.332. The van der Waals surface area contributed by atoms with Crippen molar-refractivity contribution in [3.63, 3.8) is 0 Å². The van der Waals surface area contributed by atoms with Gasteiger partial charge in [0.25, 0.3) is 0 Å². The van der Waals surface area contributed by atoms with E-state index >= 15 is 0 Å². The van der Waals surface area contributed by atoms with Crippen molar-refractivity contribution < 1.29 is 9.59 Å². The molecule has 0 N–H and O–H groups in total. The molecule has 0 spiro atoms. The van der Waals surface area contributed by atoms with Gasteiger partial charge in [-0.05, 0) is 6.07 Å². The molecule has 0 saturated carbocycles. The first-order valence-electron chi connectivity index (χ1n) is 4.79. The van der Waals surface area contributed by atoms with E-state index in [0.717, 1.165) is 0 Å². The Labute approximate surface area is 90.9 Å². The number of hydrogen-bond donors (Lipinski definition) is 0. The van der Waals surface area contributed by atoms with Crippen LogP contribution in [-0.4, -0.2) is 21.8 Å². The van der Waals surface area contributed by atoms with Crippen LogP contribution in [0.4, 0.5) is 0 Å². The van der Waals surface area contributed by atoms with E-state index in [-0.39, 0.29) is 0 Å². The van der Waals surface area contributed by atoms with E-state index in [1.807, 2.05) is 0 Å². The predicted octanol–water partition coefficient (Wildman–Crippen LogP) is 1.52. The molecule has 1 aliphatic carbocycles. The van der Waals surface area contributed by atoms with Gasteiger partial charge in [0.1, 0.15) is 5.69 Å². The fourth-order valence-electron chi connectivity index (χ4n) is 1.85. The van der Waals surface area contributed by atoms with Crippen LogP contribution in [0.2, 0.25) is 0 Å². The second-order valence-corrected chi connectivity index (χ2v) is 3.50. The summed E-state index contributed by atoms with van der Waals surface area (Å²) >= 11 is 0. The van der Waals surface area contributed by atoms with Crippen molar-refractivity contribution in [1.82, 2.24) is 10.2 Å². The van der Waals surface area contributed by atoms with Crippen molar-refractivity contribution in [2.24, 2.45) is 0 Å². The Hall–Kier alpha value is -2.36. The first-order valence-corrected chi connectivity index (χ1v) is 4.79.